The average Bonchev–Trinajstić information content (AvgIpc) is 2.31. The van der Waals surface area contributed by atoms with E-state index in [1.807, 2.05) is 36.9 Å². The number of anilines is 2. The van der Waals surface area contributed by atoms with Gasteiger partial charge in [-0.25, -0.2) is 0 Å². The van der Waals surface area contributed by atoms with Crippen molar-refractivity contribution in [2.75, 3.05) is 30.3 Å². The van der Waals surface area contributed by atoms with Gasteiger partial charge in [0, 0.05) is 13.1 Å². The number of nitrogens with two attached hydrogens (primary N) is 1. The highest BCUT2D eigenvalue weighted by Crippen LogP contribution is 2.32. The lowest BCUT2D eigenvalue weighted by Gasteiger charge is -2.30. The number of hydrogen-bond acceptors (Lipinski definition) is 4. The molecule has 98 valence electrons. The maximum atomic E-state index is 11.4. The molecule has 1 aromatic rings. The number of nitrogen functional groups attached to an aromatic ring is 1. The van der Waals surface area contributed by atoms with Crippen molar-refractivity contribution < 1.29 is 9.53 Å². The molecule has 0 unspecified atom stereocenters. The molecule has 0 aliphatic carbocycles. The number of hydrogen-bond donors (Lipinski definition) is 2. The van der Waals surface area contributed by atoms with E-state index in [4.69, 9.17) is 10.5 Å². The number of benzene rings is 1. The van der Waals surface area contributed by atoms with Gasteiger partial charge in [-0.3, -0.25) is 4.79 Å². The number of rotatable bonds is 3. The first-order valence-corrected chi connectivity index (χ1v) is 6.14. The summed E-state index contributed by atoms with van der Waals surface area (Å²) >= 11 is 0. The molecule has 3 N–H and O–H groups in total. The average molecular weight is 249 g/mol. The first kappa shape index (κ1) is 12.5. The van der Waals surface area contributed by atoms with E-state index < -0.39 is 0 Å². The minimum absolute atomic E-state index is 0.0239. The van der Waals surface area contributed by atoms with Crippen LogP contribution in [0.1, 0.15) is 13.8 Å². The fraction of sp³-hybridized carbons (Fsp3) is 0.462. The van der Waals surface area contributed by atoms with E-state index in [1.54, 1.807) is 0 Å². The Bertz CT molecular complexity index is 446. The molecule has 0 saturated carbocycles. The fourth-order valence-corrected chi connectivity index (χ4v) is 2.01. The molecule has 0 atom stereocenters. The Balaban J connectivity index is 2.24. The van der Waals surface area contributed by atoms with Gasteiger partial charge in [-0.1, -0.05) is 6.07 Å². The molecule has 0 aromatic heterocycles. The maximum Gasteiger partial charge on any atom is 0.239 e. The number of nitrogens with zero attached hydrogens (tertiary/aromatic N) is 1. The summed E-state index contributed by atoms with van der Waals surface area (Å²) in [5.74, 6) is 0.698. The summed E-state index contributed by atoms with van der Waals surface area (Å²) in [5, 5.41) is 2.80. The van der Waals surface area contributed by atoms with E-state index in [-0.39, 0.29) is 12.0 Å². The van der Waals surface area contributed by atoms with E-state index in [2.05, 4.69) is 5.32 Å². The summed E-state index contributed by atoms with van der Waals surface area (Å²) in [5.41, 5.74) is 7.57. The zero-order valence-corrected chi connectivity index (χ0v) is 10.8. The molecule has 5 heteroatoms. The van der Waals surface area contributed by atoms with Crippen molar-refractivity contribution in [2.45, 2.75) is 20.0 Å². The second kappa shape index (κ2) is 5.16. The predicted molar refractivity (Wildman–Crippen MR) is 71.8 cm³/mol. The smallest absolute Gasteiger partial charge is 0.239 e. The molecule has 1 aliphatic rings. The van der Waals surface area contributed by atoms with Crippen molar-refractivity contribution in [3.05, 3.63) is 18.2 Å². The van der Waals surface area contributed by atoms with Crippen LogP contribution < -0.4 is 20.7 Å². The Hall–Kier alpha value is -1.91. The third-order valence-electron chi connectivity index (χ3n) is 2.78. The molecule has 0 spiro atoms. The van der Waals surface area contributed by atoms with Crippen LogP contribution in [-0.4, -0.2) is 31.6 Å². The van der Waals surface area contributed by atoms with Gasteiger partial charge in [0.2, 0.25) is 5.91 Å². The van der Waals surface area contributed by atoms with Crippen molar-refractivity contribution in [3.63, 3.8) is 0 Å². The Morgan fingerprint density at radius 3 is 2.89 bits per heavy atom. The van der Waals surface area contributed by atoms with E-state index in [9.17, 15) is 4.79 Å². The molecule has 1 fully saturated rings. The molecule has 2 rings (SSSR count). The van der Waals surface area contributed by atoms with Gasteiger partial charge in [-0.05, 0) is 26.0 Å². The lowest BCUT2D eigenvalue weighted by atomic mass is 10.2. The van der Waals surface area contributed by atoms with Gasteiger partial charge in [0.1, 0.15) is 5.75 Å². The molecular weight excluding hydrogens is 230 g/mol. The largest absolute Gasteiger partial charge is 0.489 e. The van der Waals surface area contributed by atoms with Crippen LogP contribution in [0, 0.1) is 0 Å². The summed E-state index contributed by atoms with van der Waals surface area (Å²) in [6.07, 6.45) is 0.0761. The highest BCUT2D eigenvalue weighted by Gasteiger charge is 2.19. The minimum Gasteiger partial charge on any atom is -0.489 e. The minimum atomic E-state index is 0.0239. The summed E-state index contributed by atoms with van der Waals surface area (Å²) in [6.45, 7) is 5.67. The molecule has 5 nitrogen and oxygen atoms in total. The number of para-hydroxylation sites is 1. The van der Waals surface area contributed by atoms with Crippen LogP contribution in [0.4, 0.5) is 11.4 Å². The second-order valence-electron chi connectivity index (χ2n) is 4.63. The highest BCUT2D eigenvalue weighted by molar-refractivity contribution is 5.85. The molecule has 1 heterocycles. The predicted octanol–water partition coefficient (Wildman–Crippen LogP) is 0.992. The Morgan fingerprint density at radius 1 is 1.44 bits per heavy atom. The van der Waals surface area contributed by atoms with Crippen molar-refractivity contribution >= 4 is 17.3 Å². The number of amides is 1. The van der Waals surface area contributed by atoms with Crippen LogP contribution >= 0.6 is 0 Å². The highest BCUT2D eigenvalue weighted by atomic mass is 16.5. The Kier molecular flexibility index (Phi) is 3.60. The fourth-order valence-electron chi connectivity index (χ4n) is 2.01. The Morgan fingerprint density at radius 2 is 2.22 bits per heavy atom. The first-order chi connectivity index (χ1) is 8.58. The number of piperazine rings is 1. The quantitative estimate of drug-likeness (QED) is 0.784. The molecule has 1 aromatic carbocycles. The van der Waals surface area contributed by atoms with Crippen LogP contribution in [0.2, 0.25) is 0 Å². The van der Waals surface area contributed by atoms with Gasteiger partial charge in [0.15, 0.2) is 0 Å². The Labute approximate surface area is 107 Å². The van der Waals surface area contributed by atoms with Crippen LogP contribution in [0.15, 0.2) is 18.2 Å². The summed E-state index contributed by atoms with van der Waals surface area (Å²) in [7, 11) is 0. The summed E-state index contributed by atoms with van der Waals surface area (Å²) < 4.78 is 5.65. The van der Waals surface area contributed by atoms with Crippen LogP contribution in [-0.2, 0) is 4.79 Å². The monoisotopic (exact) mass is 249 g/mol. The molecule has 0 radical (unpaired) electrons. The molecule has 1 aliphatic heterocycles. The van der Waals surface area contributed by atoms with Crippen molar-refractivity contribution in [3.8, 4) is 5.75 Å². The molecule has 0 bridgehead atoms. The standard InChI is InChI=1S/C13H19N3O2/c1-9(2)18-11-5-3-4-10(13(11)14)16-7-6-15-12(17)8-16/h3-5,9H,6-8,14H2,1-2H3,(H,15,17). The van der Waals surface area contributed by atoms with Gasteiger partial charge in [-0.2, -0.15) is 0 Å². The SMILES string of the molecule is CC(C)Oc1cccc(N2CCNC(=O)C2)c1N. The third kappa shape index (κ3) is 2.67. The zero-order chi connectivity index (χ0) is 13.1. The van der Waals surface area contributed by atoms with Gasteiger partial charge >= 0.3 is 0 Å². The number of carbonyl (C=O) groups is 1. The number of carbonyl (C=O) groups excluding carboxylic acids is 1. The molecule has 1 amide bonds. The molecule has 1 saturated heterocycles. The molecular formula is C13H19N3O2. The lowest BCUT2D eigenvalue weighted by molar-refractivity contribution is -0.120. The van der Waals surface area contributed by atoms with E-state index >= 15 is 0 Å². The second-order valence-corrected chi connectivity index (χ2v) is 4.63. The third-order valence-corrected chi connectivity index (χ3v) is 2.78. The van der Waals surface area contributed by atoms with Crippen molar-refractivity contribution in [1.29, 1.82) is 0 Å². The van der Waals surface area contributed by atoms with Crippen LogP contribution in [0.5, 0.6) is 5.75 Å². The van der Waals surface area contributed by atoms with Gasteiger partial charge in [0.25, 0.3) is 0 Å². The van der Waals surface area contributed by atoms with E-state index in [1.165, 1.54) is 0 Å². The number of ether oxygens (including phenoxy) is 1. The topological polar surface area (TPSA) is 67.6 Å². The normalized spacial score (nSPS) is 15.7. The molecule has 18 heavy (non-hydrogen) atoms. The van der Waals surface area contributed by atoms with Crippen LogP contribution in [0.3, 0.4) is 0 Å². The first-order valence-electron chi connectivity index (χ1n) is 6.14. The van der Waals surface area contributed by atoms with Gasteiger partial charge < -0.3 is 20.7 Å². The summed E-state index contributed by atoms with van der Waals surface area (Å²) in [6, 6.07) is 5.67. The zero-order valence-electron chi connectivity index (χ0n) is 10.8. The van der Waals surface area contributed by atoms with Crippen molar-refractivity contribution in [1.82, 2.24) is 5.32 Å². The van der Waals surface area contributed by atoms with E-state index in [0.717, 1.165) is 12.2 Å². The number of nitrogens with one attached hydrogen (secondary N) is 1. The van der Waals surface area contributed by atoms with Gasteiger partial charge in [-0.15, -0.1) is 0 Å². The van der Waals surface area contributed by atoms with E-state index in [0.29, 0.717) is 24.5 Å². The summed E-state index contributed by atoms with van der Waals surface area (Å²) in [4.78, 5) is 13.4. The van der Waals surface area contributed by atoms with Crippen LogP contribution in [0.25, 0.3) is 0 Å². The lowest BCUT2D eigenvalue weighted by Crippen LogP contribution is -2.47. The maximum absolute atomic E-state index is 11.4. The van der Waals surface area contributed by atoms with Crippen molar-refractivity contribution in [2.24, 2.45) is 0 Å². The van der Waals surface area contributed by atoms with Gasteiger partial charge in [0.05, 0.1) is 24.0 Å².